The molecule has 0 saturated carbocycles. The topological polar surface area (TPSA) is 20.5 Å². The standard InChI is InChI=1S/C20H25N3S2/c1-3-22(4-2)13-9-14-23-18(19-12-8-15-24-19)16-25-20(23)21-17-10-6-5-7-11-17/h5-8,10-12,15-16H,3-4,9,13-14H2,1-2H3. The summed E-state index contributed by atoms with van der Waals surface area (Å²) in [6.45, 7) is 8.82. The van der Waals surface area contributed by atoms with Crippen molar-refractivity contribution in [2.75, 3.05) is 19.6 Å². The van der Waals surface area contributed by atoms with Gasteiger partial charge in [0, 0.05) is 11.9 Å². The van der Waals surface area contributed by atoms with Gasteiger partial charge in [-0.15, -0.1) is 22.7 Å². The predicted molar refractivity (Wildman–Crippen MR) is 110 cm³/mol. The summed E-state index contributed by atoms with van der Waals surface area (Å²) in [5.41, 5.74) is 2.30. The van der Waals surface area contributed by atoms with Crippen LogP contribution in [0, 0.1) is 0 Å². The maximum absolute atomic E-state index is 4.88. The molecule has 0 spiro atoms. The van der Waals surface area contributed by atoms with Crippen molar-refractivity contribution in [3.63, 3.8) is 0 Å². The number of nitrogens with zero attached hydrogens (tertiary/aromatic N) is 3. The maximum atomic E-state index is 4.88. The Morgan fingerprint density at radius 3 is 2.48 bits per heavy atom. The molecule has 0 unspecified atom stereocenters. The van der Waals surface area contributed by atoms with Gasteiger partial charge in [0.15, 0.2) is 4.80 Å². The van der Waals surface area contributed by atoms with Gasteiger partial charge in [0.05, 0.1) is 16.3 Å². The summed E-state index contributed by atoms with van der Waals surface area (Å²) < 4.78 is 2.38. The van der Waals surface area contributed by atoms with Crippen molar-refractivity contribution in [1.82, 2.24) is 9.47 Å². The quantitative estimate of drug-likeness (QED) is 0.530. The number of rotatable bonds is 8. The fraction of sp³-hybridized carbons (Fsp3) is 0.350. The third kappa shape index (κ3) is 4.69. The smallest absolute Gasteiger partial charge is 0.190 e. The second kappa shape index (κ2) is 9.13. The van der Waals surface area contributed by atoms with E-state index in [0.717, 1.165) is 43.1 Å². The van der Waals surface area contributed by atoms with Gasteiger partial charge < -0.3 is 9.47 Å². The summed E-state index contributed by atoms with van der Waals surface area (Å²) in [5, 5.41) is 4.38. The molecule has 0 saturated heterocycles. The van der Waals surface area contributed by atoms with E-state index in [4.69, 9.17) is 4.99 Å². The molecule has 2 aromatic heterocycles. The Labute approximate surface area is 157 Å². The molecular weight excluding hydrogens is 346 g/mol. The normalized spacial score (nSPS) is 12.2. The van der Waals surface area contributed by atoms with Crippen LogP contribution < -0.4 is 4.80 Å². The van der Waals surface area contributed by atoms with Gasteiger partial charge in [0.2, 0.25) is 0 Å². The minimum Gasteiger partial charge on any atom is -0.316 e. The van der Waals surface area contributed by atoms with Crippen molar-refractivity contribution in [1.29, 1.82) is 0 Å². The first kappa shape index (κ1) is 18.1. The Bertz CT molecular complexity index is 812. The molecule has 1 aromatic carbocycles. The van der Waals surface area contributed by atoms with E-state index in [2.05, 4.69) is 58.3 Å². The SMILES string of the molecule is CCN(CC)CCCn1c(-c2cccs2)csc1=Nc1ccccc1. The predicted octanol–water partition coefficient (Wildman–Crippen LogP) is 5.24. The van der Waals surface area contributed by atoms with Crippen LogP contribution in [0.2, 0.25) is 0 Å². The minimum atomic E-state index is 0.999. The zero-order valence-electron chi connectivity index (χ0n) is 14.9. The highest BCUT2D eigenvalue weighted by Gasteiger charge is 2.09. The molecule has 3 rings (SSSR count). The molecule has 0 fully saturated rings. The number of hydrogen-bond donors (Lipinski definition) is 0. The summed E-state index contributed by atoms with van der Waals surface area (Å²) in [5.74, 6) is 0. The van der Waals surface area contributed by atoms with E-state index in [-0.39, 0.29) is 0 Å². The Hall–Kier alpha value is -1.69. The number of hydrogen-bond acceptors (Lipinski definition) is 4. The average molecular weight is 372 g/mol. The number of thiazole rings is 1. The highest BCUT2D eigenvalue weighted by molar-refractivity contribution is 7.14. The van der Waals surface area contributed by atoms with Crippen molar-refractivity contribution >= 4 is 28.4 Å². The fourth-order valence-electron chi connectivity index (χ4n) is 2.86. The largest absolute Gasteiger partial charge is 0.316 e. The van der Waals surface area contributed by atoms with Gasteiger partial charge >= 0.3 is 0 Å². The van der Waals surface area contributed by atoms with Crippen LogP contribution in [-0.4, -0.2) is 29.1 Å². The van der Waals surface area contributed by atoms with E-state index in [0.29, 0.717) is 0 Å². The summed E-state index contributed by atoms with van der Waals surface area (Å²) in [4.78, 5) is 9.75. The molecule has 0 aliphatic rings. The lowest BCUT2D eigenvalue weighted by Crippen LogP contribution is -2.26. The van der Waals surface area contributed by atoms with Crippen LogP contribution in [0.3, 0.4) is 0 Å². The van der Waals surface area contributed by atoms with Crippen LogP contribution in [0.1, 0.15) is 20.3 Å². The molecule has 3 aromatic rings. The van der Waals surface area contributed by atoms with Crippen molar-refractivity contribution in [2.24, 2.45) is 4.99 Å². The second-order valence-corrected chi connectivity index (χ2v) is 7.64. The second-order valence-electron chi connectivity index (χ2n) is 5.86. The molecule has 0 aliphatic heterocycles. The molecule has 0 radical (unpaired) electrons. The van der Waals surface area contributed by atoms with Gasteiger partial charge in [-0.2, -0.15) is 0 Å². The number of aromatic nitrogens is 1. The molecular formula is C20H25N3S2. The highest BCUT2D eigenvalue weighted by Crippen LogP contribution is 2.25. The van der Waals surface area contributed by atoms with E-state index in [9.17, 15) is 0 Å². The summed E-state index contributed by atoms with van der Waals surface area (Å²) in [7, 11) is 0. The number of benzene rings is 1. The van der Waals surface area contributed by atoms with Crippen LogP contribution in [0.5, 0.6) is 0 Å². The Kier molecular flexibility index (Phi) is 6.62. The van der Waals surface area contributed by atoms with Crippen LogP contribution in [0.4, 0.5) is 5.69 Å². The van der Waals surface area contributed by atoms with E-state index < -0.39 is 0 Å². The van der Waals surface area contributed by atoms with Crippen molar-refractivity contribution in [3.05, 3.63) is 58.0 Å². The van der Waals surface area contributed by atoms with E-state index >= 15 is 0 Å². The molecule has 3 nitrogen and oxygen atoms in total. The van der Waals surface area contributed by atoms with Gasteiger partial charge in [-0.3, -0.25) is 0 Å². The van der Waals surface area contributed by atoms with E-state index in [1.165, 1.54) is 10.6 Å². The van der Waals surface area contributed by atoms with Crippen LogP contribution in [-0.2, 0) is 6.54 Å². The minimum absolute atomic E-state index is 0.999. The zero-order valence-corrected chi connectivity index (χ0v) is 16.5. The van der Waals surface area contributed by atoms with Gasteiger partial charge in [-0.05, 0) is 49.6 Å². The lowest BCUT2D eigenvalue weighted by molar-refractivity contribution is 0.293. The van der Waals surface area contributed by atoms with Gasteiger partial charge in [-0.1, -0.05) is 38.1 Å². The Balaban J connectivity index is 1.89. The highest BCUT2D eigenvalue weighted by atomic mass is 32.1. The summed E-state index contributed by atoms with van der Waals surface area (Å²) in [6.07, 6.45) is 1.14. The summed E-state index contributed by atoms with van der Waals surface area (Å²) in [6, 6.07) is 14.5. The first-order valence-corrected chi connectivity index (χ1v) is 10.6. The van der Waals surface area contributed by atoms with Crippen molar-refractivity contribution < 1.29 is 0 Å². The molecule has 5 heteroatoms. The molecule has 25 heavy (non-hydrogen) atoms. The molecule has 2 heterocycles. The molecule has 0 atom stereocenters. The van der Waals surface area contributed by atoms with Crippen LogP contribution in [0.15, 0.2) is 58.2 Å². The summed E-state index contributed by atoms with van der Waals surface area (Å²) >= 11 is 3.52. The fourth-order valence-corrected chi connectivity index (χ4v) is 4.63. The molecule has 132 valence electrons. The number of para-hydroxylation sites is 1. The lowest BCUT2D eigenvalue weighted by atomic mass is 10.3. The van der Waals surface area contributed by atoms with Crippen LogP contribution in [0.25, 0.3) is 10.6 Å². The van der Waals surface area contributed by atoms with Gasteiger partial charge in [-0.25, -0.2) is 4.99 Å². The average Bonchev–Trinajstić information content (AvgIpc) is 3.30. The van der Waals surface area contributed by atoms with E-state index in [1.807, 2.05) is 18.2 Å². The van der Waals surface area contributed by atoms with Crippen LogP contribution >= 0.6 is 22.7 Å². The first-order valence-electron chi connectivity index (χ1n) is 8.86. The lowest BCUT2D eigenvalue weighted by Gasteiger charge is -2.18. The zero-order chi connectivity index (χ0) is 17.5. The third-order valence-electron chi connectivity index (χ3n) is 4.30. The van der Waals surface area contributed by atoms with Crippen molar-refractivity contribution in [3.8, 4) is 10.6 Å². The number of thiophene rings is 1. The Morgan fingerprint density at radius 1 is 1.00 bits per heavy atom. The maximum Gasteiger partial charge on any atom is 0.190 e. The molecule has 0 aliphatic carbocycles. The third-order valence-corrected chi connectivity index (χ3v) is 6.06. The molecule has 0 amide bonds. The first-order chi connectivity index (χ1) is 12.3. The van der Waals surface area contributed by atoms with E-state index in [1.54, 1.807) is 22.7 Å². The molecule has 0 bridgehead atoms. The monoisotopic (exact) mass is 371 g/mol. The van der Waals surface area contributed by atoms with Crippen molar-refractivity contribution in [2.45, 2.75) is 26.8 Å². The van der Waals surface area contributed by atoms with Gasteiger partial charge in [0.1, 0.15) is 0 Å². The molecule has 0 N–H and O–H groups in total. The van der Waals surface area contributed by atoms with Gasteiger partial charge in [0.25, 0.3) is 0 Å². The Morgan fingerprint density at radius 2 is 1.80 bits per heavy atom.